The Bertz CT molecular complexity index is 1100. The SMILES string of the molecule is CCOC(=O)C1CCCN(C(=O)c2cc(-c3ccc(C)o3)nn2-c2cccc(Cl)c2)C1. The number of ether oxygens (including phenoxy) is 1. The number of piperidine rings is 1. The van der Waals surface area contributed by atoms with Crippen LogP contribution < -0.4 is 0 Å². The first-order valence-electron chi connectivity index (χ1n) is 10.3. The molecule has 1 unspecified atom stereocenters. The van der Waals surface area contributed by atoms with Crippen LogP contribution in [0.1, 0.15) is 36.0 Å². The van der Waals surface area contributed by atoms with E-state index in [1.54, 1.807) is 34.7 Å². The van der Waals surface area contributed by atoms with E-state index in [0.29, 0.717) is 54.0 Å². The van der Waals surface area contributed by atoms with Gasteiger partial charge in [-0.05, 0) is 57.0 Å². The van der Waals surface area contributed by atoms with Gasteiger partial charge in [0.2, 0.25) is 0 Å². The third-order valence-electron chi connectivity index (χ3n) is 5.30. The van der Waals surface area contributed by atoms with Gasteiger partial charge in [0, 0.05) is 24.2 Å². The van der Waals surface area contributed by atoms with Crippen LogP contribution in [-0.4, -0.2) is 46.3 Å². The Morgan fingerprint density at radius 1 is 1.26 bits per heavy atom. The van der Waals surface area contributed by atoms with Crippen LogP contribution in [0, 0.1) is 12.8 Å². The number of halogens is 1. The van der Waals surface area contributed by atoms with Crippen molar-refractivity contribution in [2.75, 3.05) is 19.7 Å². The Kier molecular flexibility index (Phi) is 6.13. The van der Waals surface area contributed by atoms with E-state index < -0.39 is 0 Å². The molecule has 31 heavy (non-hydrogen) atoms. The van der Waals surface area contributed by atoms with Crippen molar-refractivity contribution >= 4 is 23.5 Å². The molecule has 1 atom stereocenters. The molecule has 0 saturated carbocycles. The monoisotopic (exact) mass is 441 g/mol. The molecule has 2 aromatic heterocycles. The molecule has 7 nitrogen and oxygen atoms in total. The highest BCUT2D eigenvalue weighted by Gasteiger charge is 2.32. The van der Waals surface area contributed by atoms with E-state index in [-0.39, 0.29) is 17.8 Å². The van der Waals surface area contributed by atoms with Crippen LogP contribution in [0.3, 0.4) is 0 Å². The summed E-state index contributed by atoms with van der Waals surface area (Å²) in [5.74, 6) is 0.572. The van der Waals surface area contributed by atoms with Crippen LogP contribution in [0.2, 0.25) is 5.02 Å². The van der Waals surface area contributed by atoms with Crippen molar-refractivity contribution in [1.82, 2.24) is 14.7 Å². The number of likely N-dealkylation sites (tertiary alicyclic amines) is 1. The summed E-state index contributed by atoms with van der Waals surface area (Å²) in [6, 6.07) is 12.6. The maximum Gasteiger partial charge on any atom is 0.310 e. The van der Waals surface area contributed by atoms with Gasteiger partial charge in [-0.15, -0.1) is 0 Å². The number of furan rings is 1. The van der Waals surface area contributed by atoms with Gasteiger partial charge in [0.1, 0.15) is 17.1 Å². The summed E-state index contributed by atoms with van der Waals surface area (Å²) < 4.78 is 12.5. The minimum Gasteiger partial charge on any atom is -0.466 e. The molecule has 0 radical (unpaired) electrons. The largest absolute Gasteiger partial charge is 0.466 e. The van der Waals surface area contributed by atoms with E-state index in [9.17, 15) is 9.59 Å². The van der Waals surface area contributed by atoms with Crippen LogP contribution in [-0.2, 0) is 9.53 Å². The van der Waals surface area contributed by atoms with Crippen molar-refractivity contribution in [2.24, 2.45) is 5.92 Å². The summed E-state index contributed by atoms with van der Waals surface area (Å²) in [7, 11) is 0. The Labute approximate surface area is 185 Å². The molecule has 1 fully saturated rings. The van der Waals surface area contributed by atoms with Gasteiger partial charge in [-0.2, -0.15) is 5.10 Å². The fourth-order valence-corrected chi connectivity index (χ4v) is 3.99. The number of rotatable bonds is 5. The molecular weight excluding hydrogens is 418 g/mol. The first kappa shape index (κ1) is 21.2. The standard InChI is InChI=1S/C23H24ClN3O4/c1-3-30-23(29)16-6-5-11-26(14-16)22(28)20-13-19(21-10-9-15(2)31-21)25-27(20)18-8-4-7-17(24)12-18/h4,7-10,12-13,16H,3,5-6,11,14H2,1-2H3. The molecule has 1 aliphatic rings. The van der Waals surface area contributed by atoms with Crippen LogP contribution in [0.4, 0.5) is 0 Å². The number of esters is 1. The average molecular weight is 442 g/mol. The van der Waals surface area contributed by atoms with Crippen LogP contribution in [0.15, 0.2) is 46.9 Å². The number of carbonyl (C=O) groups is 2. The van der Waals surface area contributed by atoms with E-state index >= 15 is 0 Å². The topological polar surface area (TPSA) is 77.6 Å². The van der Waals surface area contributed by atoms with E-state index in [4.69, 9.17) is 20.8 Å². The molecule has 1 amide bonds. The van der Waals surface area contributed by atoms with Gasteiger partial charge in [0.25, 0.3) is 5.91 Å². The molecule has 8 heteroatoms. The van der Waals surface area contributed by atoms with Gasteiger partial charge in [-0.25, -0.2) is 4.68 Å². The van der Waals surface area contributed by atoms with Gasteiger partial charge in [-0.3, -0.25) is 9.59 Å². The fourth-order valence-electron chi connectivity index (χ4n) is 3.81. The maximum absolute atomic E-state index is 13.5. The van der Waals surface area contributed by atoms with E-state index in [1.807, 2.05) is 31.2 Å². The van der Waals surface area contributed by atoms with Crippen LogP contribution in [0.5, 0.6) is 0 Å². The molecule has 1 aliphatic heterocycles. The van der Waals surface area contributed by atoms with Gasteiger partial charge < -0.3 is 14.1 Å². The number of nitrogens with zero attached hydrogens (tertiary/aromatic N) is 3. The van der Waals surface area contributed by atoms with Crippen molar-refractivity contribution in [3.05, 3.63) is 58.9 Å². The Hall–Kier alpha value is -3.06. The van der Waals surface area contributed by atoms with Gasteiger partial charge in [0.15, 0.2) is 5.76 Å². The fraction of sp³-hybridized carbons (Fsp3) is 0.348. The average Bonchev–Trinajstić information content (AvgIpc) is 3.40. The molecule has 3 aromatic rings. The highest BCUT2D eigenvalue weighted by Crippen LogP contribution is 2.27. The van der Waals surface area contributed by atoms with Crippen LogP contribution in [0.25, 0.3) is 17.1 Å². The summed E-state index contributed by atoms with van der Waals surface area (Å²) >= 11 is 6.18. The third-order valence-corrected chi connectivity index (χ3v) is 5.54. The summed E-state index contributed by atoms with van der Waals surface area (Å²) in [6.07, 6.45) is 1.46. The molecule has 0 aliphatic carbocycles. The molecule has 0 bridgehead atoms. The molecule has 1 aromatic carbocycles. The number of hydrogen-bond acceptors (Lipinski definition) is 5. The second-order valence-corrected chi connectivity index (χ2v) is 8.00. The lowest BCUT2D eigenvalue weighted by atomic mass is 9.98. The third kappa shape index (κ3) is 4.51. The second kappa shape index (κ2) is 8.98. The minimum atomic E-state index is -0.313. The minimum absolute atomic E-state index is 0.198. The Morgan fingerprint density at radius 2 is 2.10 bits per heavy atom. The maximum atomic E-state index is 13.5. The molecule has 162 valence electrons. The molecule has 4 rings (SSSR count). The zero-order valence-corrected chi connectivity index (χ0v) is 18.3. The molecule has 3 heterocycles. The summed E-state index contributed by atoms with van der Waals surface area (Å²) in [5, 5.41) is 5.17. The molecule has 1 saturated heterocycles. The van der Waals surface area contributed by atoms with E-state index in [1.165, 1.54) is 0 Å². The highest BCUT2D eigenvalue weighted by molar-refractivity contribution is 6.30. The molecule has 0 N–H and O–H groups in total. The highest BCUT2D eigenvalue weighted by atomic mass is 35.5. The summed E-state index contributed by atoms with van der Waals surface area (Å²) in [6.45, 7) is 4.87. The number of amides is 1. The zero-order valence-electron chi connectivity index (χ0n) is 17.5. The zero-order chi connectivity index (χ0) is 22.0. The lowest BCUT2D eigenvalue weighted by molar-refractivity contribution is -0.149. The normalized spacial score (nSPS) is 16.4. The number of aryl methyl sites for hydroxylation is 1. The number of hydrogen-bond donors (Lipinski definition) is 0. The Morgan fingerprint density at radius 3 is 2.81 bits per heavy atom. The number of carbonyl (C=O) groups excluding carboxylic acids is 2. The smallest absolute Gasteiger partial charge is 0.310 e. The van der Waals surface area contributed by atoms with Crippen molar-refractivity contribution in [1.29, 1.82) is 0 Å². The first-order chi connectivity index (χ1) is 15.0. The first-order valence-corrected chi connectivity index (χ1v) is 10.7. The van der Waals surface area contributed by atoms with Gasteiger partial charge in [-0.1, -0.05) is 17.7 Å². The van der Waals surface area contributed by atoms with Gasteiger partial charge in [0.05, 0.1) is 18.2 Å². The molecule has 0 spiro atoms. The lowest BCUT2D eigenvalue weighted by Gasteiger charge is -2.31. The Balaban J connectivity index is 1.69. The number of benzene rings is 1. The van der Waals surface area contributed by atoms with Gasteiger partial charge >= 0.3 is 5.97 Å². The number of aromatic nitrogens is 2. The van der Waals surface area contributed by atoms with Crippen LogP contribution >= 0.6 is 11.6 Å². The summed E-state index contributed by atoms with van der Waals surface area (Å²) in [5.41, 5.74) is 1.61. The van der Waals surface area contributed by atoms with Crippen molar-refractivity contribution in [3.63, 3.8) is 0 Å². The quantitative estimate of drug-likeness (QED) is 0.544. The van der Waals surface area contributed by atoms with E-state index in [0.717, 1.165) is 12.2 Å². The predicted molar refractivity (Wildman–Crippen MR) is 116 cm³/mol. The van der Waals surface area contributed by atoms with Crippen molar-refractivity contribution in [3.8, 4) is 17.1 Å². The van der Waals surface area contributed by atoms with Crippen molar-refractivity contribution in [2.45, 2.75) is 26.7 Å². The molecular formula is C23H24ClN3O4. The second-order valence-electron chi connectivity index (χ2n) is 7.56. The predicted octanol–water partition coefficient (Wildman–Crippen LogP) is 4.51. The van der Waals surface area contributed by atoms with E-state index in [2.05, 4.69) is 5.10 Å². The lowest BCUT2D eigenvalue weighted by Crippen LogP contribution is -2.43. The van der Waals surface area contributed by atoms with Crippen molar-refractivity contribution < 1.29 is 18.7 Å². The summed E-state index contributed by atoms with van der Waals surface area (Å²) in [4.78, 5) is 27.4.